The minimum Gasteiger partial charge on any atom is -0.741 e. The average molecular weight is 400 g/mol. The van der Waals surface area contributed by atoms with E-state index in [1.54, 1.807) is 33.2 Å². The van der Waals surface area contributed by atoms with E-state index in [9.17, 15) is 0 Å². The van der Waals surface area contributed by atoms with Gasteiger partial charge < -0.3 is 41.0 Å². The molecule has 1 rings (SSSR count). The van der Waals surface area contributed by atoms with Crippen molar-refractivity contribution in [2.45, 2.75) is 6.92 Å². The number of rotatable bonds is 5. The van der Waals surface area contributed by atoms with Crippen LogP contribution in [0.5, 0.6) is 5.75 Å². The molecular weight excluding hydrogens is 384 g/mol. The molecule has 0 heterocycles. The summed E-state index contributed by atoms with van der Waals surface area (Å²) in [5.74, 6) is 0.730. The minimum absolute atomic E-state index is 0. The molecule has 0 aliphatic rings. The Balaban J connectivity index is 0.00000484. The van der Waals surface area contributed by atoms with Gasteiger partial charge in [0.05, 0.1) is 12.8 Å². The van der Waals surface area contributed by atoms with Gasteiger partial charge in [-0.15, -0.1) is 5.10 Å². The van der Waals surface area contributed by atoms with E-state index in [4.69, 9.17) is 23.1 Å². The van der Waals surface area contributed by atoms with Crippen LogP contribution in [-0.2, 0) is 42.3 Å². The first-order chi connectivity index (χ1) is 10.5. The van der Waals surface area contributed by atoms with E-state index in [-0.39, 0.29) is 27.4 Å². The van der Waals surface area contributed by atoms with E-state index in [2.05, 4.69) is 38.4 Å². The summed E-state index contributed by atoms with van der Waals surface area (Å²) < 4.78 is 5.13. The predicted octanol–water partition coefficient (Wildman–Crippen LogP) is 0.757. The fraction of sp³-hybridized carbons (Fsp3) is 0.231. The maximum Gasteiger partial charge on any atom is 2.00 e. The number of benzene rings is 1. The summed E-state index contributed by atoms with van der Waals surface area (Å²) in [4.78, 5) is 0. The molecule has 0 aliphatic carbocycles. The van der Waals surface area contributed by atoms with Gasteiger partial charge in [0.15, 0.2) is 0 Å². The zero-order valence-corrected chi connectivity index (χ0v) is 15.3. The van der Waals surface area contributed by atoms with Crippen molar-refractivity contribution < 1.29 is 21.8 Å². The molecule has 3 N–H and O–H groups in total. The Morgan fingerprint density at radius 3 is 2.17 bits per heavy atom. The Hall–Kier alpha value is -1.74. The van der Waals surface area contributed by atoms with Crippen LogP contribution >= 0.6 is 0 Å². The summed E-state index contributed by atoms with van der Waals surface area (Å²) >= 11 is 9.62. The van der Waals surface area contributed by atoms with Crippen LogP contribution in [-0.4, -0.2) is 35.9 Å². The molecule has 1 aromatic rings. The molecule has 0 saturated heterocycles. The smallest absolute Gasteiger partial charge is 0.741 e. The van der Waals surface area contributed by atoms with Crippen molar-refractivity contribution in [3.63, 3.8) is 0 Å². The Morgan fingerprint density at radius 2 is 1.70 bits per heavy atom. The maximum absolute atomic E-state index is 5.31. The van der Waals surface area contributed by atoms with Gasteiger partial charge in [0, 0.05) is 12.6 Å². The van der Waals surface area contributed by atoms with Gasteiger partial charge in [-0.2, -0.15) is 15.3 Å². The summed E-state index contributed by atoms with van der Waals surface area (Å²) in [6.45, 7) is 1.72. The second-order valence-corrected chi connectivity index (χ2v) is 4.76. The summed E-state index contributed by atoms with van der Waals surface area (Å²) in [5.41, 5.74) is 7.09. The molecule has 0 unspecified atom stereocenters. The first kappa shape index (κ1) is 21.3. The van der Waals surface area contributed by atoms with Crippen molar-refractivity contribution in [1.82, 2.24) is 5.32 Å². The molecule has 0 aromatic heterocycles. The summed E-state index contributed by atoms with van der Waals surface area (Å²) in [6.07, 6.45) is 0. The fourth-order valence-electron chi connectivity index (χ4n) is 1.40. The molecular formula is C13H16CuN6OS2. The van der Waals surface area contributed by atoms with Crippen LogP contribution in [0, 0.1) is 0 Å². The first-order valence-electron chi connectivity index (χ1n) is 6.18. The summed E-state index contributed by atoms with van der Waals surface area (Å²) in [5, 5.41) is 18.5. The third-order valence-corrected chi connectivity index (χ3v) is 2.83. The van der Waals surface area contributed by atoms with E-state index in [0.29, 0.717) is 11.4 Å². The first-order valence-corrected chi connectivity index (χ1v) is 6.99. The van der Waals surface area contributed by atoms with Gasteiger partial charge in [0.25, 0.3) is 0 Å². The van der Waals surface area contributed by atoms with Gasteiger partial charge in [-0.1, -0.05) is 0 Å². The van der Waals surface area contributed by atoms with Crippen molar-refractivity contribution in [2.24, 2.45) is 26.1 Å². The van der Waals surface area contributed by atoms with E-state index in [0.717, 1.165) is 11.3 Å². The zero-order chi connectivity index (χ0) is 16.5. The van der Waals surface area contributed by atoms with E-state index in [1.807, 2.05) is 12.1 Å². The van der Waals surface area contributed by atoms with Crippen molar-refractivity contribution in [3.05, 3.63) is 29.8 Å². The third kappa shape index (κ3) is 7.38. The Kier molecular flexibility index (Phi) is 10.1. The van der Waals surface area contributed by atoms with Crippen LogP contribution in [0.25, 0.3) is 0 Å². The van der Waals surface area contributed by atoms with Crippen LogP contribution in [0.15, 0.2) is 44.7 Å². The Bertz CT molecular complexity index is 624. The predicted molar refractivity (Wildman–Crippen MR) is 95.5 cm³/mol. The van der Waals surface area contributed by atoms with Crippen molar-refractivity contribution in [3.8, 4) is 5.75 Å². The second-order valence-electron chi connectivity index (χ2n) is 3.96. The molecule has 0 bridgehead atoms. The molecule has 10 heteroatoms. The molecule has 0 amide bonds. The van der Waals surface area contributed by atoms with Gasteiger partial charge in [-0.05, 0) is 41.5 Å². The van der Waals surface area contributed by atoms with E-state index >= 15 is 0 Å². The number of nitrogens with one attached hydrogen (secondary N) is 1. The Labute approximate surface area is 156 Å². The van der Waals surface area contributed by atoms with E-state index < -0.39 is 0 Å². The Morgan fingerprint density at radius 1 is 1.09 bits per heavy atom. The summed E-state index contributed by atoms with van der Waals surface area (Å²) in [7, 11) is 3.26. The topological polar surface area (TPSA) is 96.7 Å². The minimum atomic E-state index is -0.0592. The molecule has 0 aliphatic heterocycles. The van der Waals surface area contributed by atoms with Crippen LogP contribution < -0.4 is 15.8 Å². The van der Waals surface area contributed by atoms with Crippen molar-refractivity contribution >= 4 is 47.0 Å². The number of amidine groups is 2. The van der Waals surface area contributed by atoms with Crippen molar-refractivity contribution in [1.29, 1.82) is 0 Å². The second kappa shape index (κ2) is 10.9. The number of nitrogens with two attached hydrogens (primary N) is 1. The van der Waals surface area contributed by atoms with Gasteiger partial charge in [0.2, 0.25) is 0 Å². The van der Waals surface area contributed by atoms with Gasteiger partial charge in [-0.3, -0.25) is 0 Å². The van der Waals surface area contributed by atoms with E-state index in [1.165, 1.54) is 0 Å². The average Bonchev–Trinajstić information content (AvgIpc) is 2.53. The summed E-state index contributed by atoms with van der Waals surface area (Å²) in [6, 6.07) is 7.27. The van der Waals surface area contributed by atoms with Crippen LogP contribution in [0.4, 0.5) is 0 Å². The van der Waals surface area contributed by atoms with Crippen LogP contribution in [0.3, 0.4) is 0 Å². The molecule has 0 spiro atoms. The number of hydrogen-bond donors (Lipinski definition) is 2. The maximum atomic E-state index is 5.31. The number of hydrogen-bond acceptors (Lipinski definition) is 7. The largest absolute Gasteiger partial charge is 2.00 e. The molecule has 0 atom stereocenters. The van der Waals surface area contributed by atoms with Gasteiger partial charge in [-0.25, -0.2) is 0 Å². The zero-order valence-electron chi connectivity index (χ0n) is 12.7. The SMILES string of the molecule is CN/C([S-])=N/N=C(/C(C)=N/N=C(/N)[S-])c1ccc(OC)cc1.[Cu+2]. The van der Waals surface area contributed by atoms with Gasteiger partial charge in [0.1, 0.15) is 11.5 Å². The molecule has 1 radical (unpaired) electrons. The molecule has 0 fully saturated rings. The third-order valence-electron chi connectivity index (χ3n) is 2.46. The van der Waals surface area contributed by atoms with Gasteiger partial charge >= 0.3 is 17.1 Å². The van der Waals surface area contributed by atoms with Crippen molar-refractivity contribution in [2.75, 3.05) is 14.2 Å². The molecule has 7 nitrogen and oxygen atoms in total. The molecule has 127 valence electrons. The standard InChI is InChI=1S/C13H18N6OS2.Cu/c1-8(16-18-12(14)21)11(17-19-13(22)15-2)9-4-6-10(20-3)7-5-9;/h4-7H,1-3H3,(H3,14,18,21)(H2,15,19,22);/q;+2/p-2/b16-8+,17-11-;. The molecule has 0 saturated carbocycles. The number of methoxy groups -OCH3 is 1. The normalized spacial score (nSPS) is 13.3. The number of ether oxygens (including phenoxy) is 1. The molecule has 1 aromatic carbocycles. The quantitative estimate of drug-likeness (QED) is 0.250. The monoisotopic (exact) mass is 399 g/mol. The van der Waals surface area contributed by atoms with Crippen LogP contribution in [0.1, 0.15) is 12.5 Å². The molecule has 23 heavy (non-hydrogen) atoms. The van der Waals surface area contributed by atoms with Crippen LogP contribution in [0.2, 0.25) is 0 Å². The number of nitrogens with zero attached hydrogens (tertiary/aromatic N) is 4. The fourth-order valence-corrected chi connectivity index (χ4v) is 1.49.